The Bertz CT molecular complexity index is 311. The molecule has 0 radical (unpaired) electrons. The van der Waals surface area contributed by atoms with Crippen LogP contribution in [-0.2, 0) is 14.4 Å². The van der Waals surface area contributed by atoms with E-state index in [0.29, 0.717) is 0 Å². The number of aliphatic carboxylic acids is 2. The number of rotatable bonds is 7. The van der Waals surface area contributed by atoms with Gasteiger partial charge in [0.1, 0.15) is 6.04 Å². The van der Waals surface area contributed by atoms with Gasteiger partial charge in [0.15, 0.2) is 0 Å². The Hall–Kier alpha value is -1.63. The van der Waals surface area contributed by atoms with Gasteiger partial charge < -0.3 is 21.3 Å². The highest BCUT2D eigenvalue weighted by Crippen LogP contribution is 2.08. The number of carbonyl (C=O) groups excluding carboxylic acids is 1. The SMILES string of the molecule is CC.CC.CC(C)(N)CC(NC(=O)CCC(=O)O)C(=O)O. The molecular weight excluding hydrogens is 276 g/mol. The van der Waals surface area contributed by atoms with Crippen LogP contribution in [-0.4, -0.2) is 39.6 Å². The van der Waals surface area contributed by atoms with Crippen molar-refractivity contribution in [2.45, 2.75) is 72.4 Å². The molecule has 0 rings (SSSR count). The first kappa shape index (κ1) is 24.4. The zero-order chi connectivity index (χ0) is 17.6. The Morgan fingerprint density at radius 3 is 1.76 bits per heavy atom. The fourth-order valence-corrected chi connectivity index (χ4v) is 1.21. The number of carbonyl (C=O) groups is 3. The van der Waals surface area contributed by atoms with Gasteiger partial charge in [-0.2, -0.15) is 0 Å². The van der Waals surface area contributed by atoms with E-state index in [1.165, 1.54) is 0 Å². The average Bonchev–Trinajstić information content (AvgIpc) is 2.38. The molecule has 0 heterocycles. The second-order valence-corrected chi connectivity index (χ2v) is 4.54. The molecule has 0 bridgehead atoms. The molecule has 0 saturated carbocycles. The van der Waals surface area contributed by atoms with Crippen LogP contribution in [0.15, 0.2) is 0 Å². The zero-order valence-electron chi connectivity index (χ0n) is 13.9. The highest BCUT2D eigenvalue weighted by atomic mass is 16.4. The van der Waals surface area contributed by atoms with Crippen molar-refractivity contribution in [3.05, 3.63) is 0 Å². The Labute approximate surface area is 126 Å². The molecule has 1 atom stereocenters. The van der Waals surface area contributed by atoms with Gasteiger partial charge in [0.05, 0.1) is 6.42 Å². The summed E-state index contributed by atoms with van der Waals surface area (Å²) >= 11 is 0. The smallest absolute Gasteiger partial charge is 0.326 e. The maximum absolute atomic E-state index is 11.3. The molecule has 0 aromatic rings. The lowest BCUT2D eigenvalue weighted by molar-refractivity contribution is -0.142. The first-order valence-electron chi connectivity index (χ1n) is 7.14. The van der Waals surface area contributed by atoms with E-state index in [2.05, 4.69) is 5.32 Å². The van der Waals surface area contributed by atoms with Crippen LogP contribution in [0.3, 0.4) is 0 Å². The van der Waals surface area contributed by atoms with Crippen molar-refractivity contribution in [1.29, 1.82) is 0 Å². The minimum absolute atomic E-state index is 0.0706. The minimum Gasteiger partial charge on any atom is -0.481 e. The van der Waals surface area contributed by atoms with Crippen molar-refractivity contribution in [1.82, 2.24) is 5.32 Å². The van der Waals surface area contributed by atoms with Crippen molar-refractivity contribution in [3.63, 3.8) is 0 Å². The molecule has 0 spiro atoms. The molecule has 0 aliphatic heterocycles. The molecule has 0 saturated heterocycles. The lowest BCUT2D eigenvalue weighted by Gasteiger charge is -2.23. The summed E-state index contributed by atoms with van der Waals surface area (Å²) < 4.78 is 0. The van der Waals surface area contributed by atoms with Gasteiger partial charge in [-0.3, -0.25) is 9.59 Å². The topological polar surface area (TPSA) is 130 Å². The number of amides is 1. The fourth-order valence-electron chi connectivity index (χ4n) is 1.21. The Balaban J connectivity index is -0.000000739. The zero-order valence-corrected chi connectivity index (χ0v) is 13.9. The predicted molar refractivity (Wildman–Crippen MR) is 82.0 cm³/mol. The Morgan fingerprint density at radius 2 is 1.48 bits per heavy atom. The highest BCUT2D eigenvalue weighted by Gasteiger charge is 2.26. The van der Waals surface area contributed by atoms with Gasteiger partial charge in [-0.25, -0.2) is 4.79 Å². The third kappa shape index (κ3) is 18.4. The maximum Gasteiger partial charge on any atom is 0.326 e. The van der Waals surface area contributed by atoms with Gasteiger partial charge in [0, 0.05) is 12.0 Å². The average molecular weight is 306 g/mol. The van der Waals surface area contributed by atoms with Gasteiger partial charge in [-0.1, -0.05) is 27.7 Å². The summed E-state index contributed by atoms with van der Waals surface area (Å²) in [6.07, 6.45) is -0.505. The van der Waals surface area contributed by atoms with Gasteiger partial charge in [0.25, 0.3) is 0 Å². The van der Waals surface area contributed by atoms with Crippen LogP contribution in [0.25, 0.3) is 0 Å². The molecular formula is C14H30N2O5. The van der Waals surface area contributed by atoms with E-state index in [0.717, 1.165) is 0 Å². The molecule has 21 heavy (non-hydrogen) atoms. The van der Waals surface area contributed by atoms with E-state index < -0.39 is 29.4 Å². The van der Waals surface area contributed by atoms with Gasteiger partial charge >= 0.3 is 11.9 Å². The number of hydrogen-bond acceptors (Lipinski definition) is 4. The van der Waals surface area contributed by atoms with E-state index in [1.807, 2.05) is 27.7 Å². The van der Waals surface area contributed by atoms with Crippen LogP contribution in [0.1, 0.15) is 60.8 Å². The van der Waals surface area contributed by atoms with E-state index in [1.54, 1.807) is 13.8 Å². The summed E-state index contributed by atoms with van der Waals surface area (Å²) in [5, 5.41) is 19.5. The normalized spacial score (nSPS) is 11.0. The molecule has 7 nitrogen and oxygen atoms in total. The number of carboxylic acid groups (broad SMARTS) is 2. The van der Waals surface area contributed by atoms with Gasteiger partial charge in [-0.05, 0) is 20.3 Å². The van der Waals surface area contributed by atoms with E-state index in [4.69, 9.17) is 15.9 Å². The minimum atomic E-state index is -1.19. The molecule has 0 aromatic carbocycles. The standard InChI is InChI=1S/C10H18N2O5.2C2H6/c1-10(2,11)5-6(9(16)17)12-7(13)3-4-8(14)15;2*1-2/h6H,3-5,11H2,1-2H3,(H,12,13)(H,14,15)(H,16,17);2*1-2H3. The predicted octanol–water partition coefficient (Wildman–Crippen LogP) is 1.60. The summed E-state index contributed by atoms with van der Waals surface area (Å²) in [6.45, 7) is 11.3. The third-order valence-corrected chi connectivity index (χ3v) is 1.93. The van der Waals surface area contributed by atoms with Crippen molar-refractivity contribution in [3.8, 4) is 0 Å². The third-order valence-electron chi connectivity index (χ3n) is 1.93. The molecule has 126 valence electrons. The van der Waals surface area contributed by atoms with Crippen LogP contribution in [0.4, 0.5) is 0 Å². The van der Waals surface area contributed by atoms with Crippen molar-refractivity contribution >= 4 is 17.8 Å². The molecule has 7 heteroatoms. The van der Waals surface area contributed by atoms with Crippen LogP contribution < -0.4 is 11.1 Å². The van der Waals surface area contributed by atoms with Gasteiger partial charge in [0.2, 0.25) is 5.91 Å². The first-order chi connectivity index (χ1) is 9.61. The molecule has 1 amide bonds. The molecule has 0 aliphatic rings. The number of carboxylic acids is 2. The second-order valence-electron chi connectivity index (χ2n) is 4.54. The van der Waals surface area contributed by atoms with Crippen LogP contribution >= 0.6 is 0 Å². The first-order valence-corrected chi connectivity index (χ1v) is 7.14. The summed E-state index contributed by atoms with van der Waals surface area (Å²) in [5.74, 6) is -2.90. The fraction of sp³-hybridized carbons (Fsp3) is 0.786. The summed E-state index contributed by atoms with van der Waals surface area (Å²) in [6, 6.07) is -1.10. The second kappa shape index (κ2) is 13.4. The Kier molecular flexibility index (Phi) is 15.5. The quantitative estimate of drug-likeness (QED) is 0.565. The summed E-state index contributed by atoms with van der Waals surface area (Å²) in [7, 11) is 0. The molecule has 5 N–H and O–H groups in total. The summed E-state index contributed by atoms with van der Waals surface area (Å²) in [5.41, 5.74) is 4.93. The van der Waals surface area contributed by atoms with Crippen molar-refractivity contribution < 1.29 is 24.6 Å². The number of nitrogens with two attached hydrogens (primary N) is 1. The monoisotopic (exact) mass is 306 g/mol. The number of hydrogen-bond donors (Lipinski definition) is 4. The summed E-state index contributed by atoms with van der Waals surface area (Å²) in [4.78, 5) is 32.4. The molecule has 0 aromatic heterocycles. The Morgan fingerprint density at radius 1 is 1.05 bits per heavy atom. The van der Waals surface area contributed by atoms with Crippen LogP contribution in [0.2, 0.25) is 0 Å². The maximum atomic E-state index is 11.3. The van der Waals surface area contributed by atoms with Crippen LogP contribution in [0, 0.1) is 0 Å². The lowest BCUT2D eigenvalue weighted by atomic mass is 9.96. The largest absolute Gasteiger partial charge is 0.481 e. The number of nitrogens with one attached hydrogen (secondary N) is 1. The van der Waals surface area contributed by atoms with Crippen LogP contribution in [0.5, 0.6) is 0 Å². The lowest BCUT2D eigenvalue weighted by Crippen LogP contribution is -2.48. The highest BCUT2D eigenvalue weighted by molar-refractivity contribution is 5.85. The molecule has 1 unspecified atom stereocenters. The van der Waals surface area contributed by atoms with Crippen molar-refractivity contribution in [2.24, 2.45) is 5.73 Å². The van der Waals surface area contributed by atoms with Gasteiger partial charge in [-0.15, -0.1) is 0 Å². The van der Waals surface area contributed by atoms with E-state index >= 15 is 0 Å². The van der Waals surface area contributed by atoms with E-state index in [-0.39, 0.29) is 19.3 Å². The molecule has 0 fully saturated rings. The molecule has 0 aliphatic carbocycles. The van der Waals surface area contributed by atoms with Crippen molar-refractivity contribution in [2.75, 3.05) is 0 Å². The van der Waals surface area contributed by atoms with E-state index in [9.17, 15) is 14.4 Å².